The molecule has 2 saturated heterocycles. The van der Waals surface area contributed by atoms with Gasteiger partial charge in [0.05, 0.1) is 31.1 Å². The fourth-order valence-electron chi connectivity index (χ4n) is 4.89. The number of hydrogen-bond acceptors (Lipinski definition) is 6. The number of hydrogen-bond donors (Lipinski definition) is 1. The molecule has 2 unspecified atom stereocenters. The molecule has 0 radical (unpaired) electrons. The fraction of sp³-hybridized carbons (Fsp3) is 0.636. The van der Waals surface area contributed by atoms with Crippen LogP contribution in [0.25, 0.3) is 11.3 Å². The van der Waals surface area contributed by atoms with Crippen LogP contribution in [0.2, 0.25) is 0 Å². The molecule has 2 atom stereocenters. The summed E-state index contributed by atoms with van der Waals surface area (Å²) in [5.74, 6) is 3.16. The van der Waals surface area contributed by atoms with Crippen molar-refractivity contribution < 1.29 is 9.47 Å². The van der Waals surface area contributed by atoms with Crippen molar-refractivity contribution in [3.05, 3.63) is 24.0 Å². The highest BCUT2D eigenvalue weighted by Gasteiger charge is 2.58. The summed E-state index contributed by atoms with van der Waals surface area (Å²) in [6.07, 6.45) is 1.85. The highest BCUT2D eigenvalue weighted by Crippen LogP contribution is 2.59. The van der Waals surface area contributed by atoms with Crippen molar-refractivity contribution in [1.82, 2.24) is 19.7 Å². The molecule has 0 spiro atoms. The molecule has 1 aliphatic carbocycles. The molecule has 3 aliphatic rings. The number of anilines is 1. The first-order chi connectivity index (χ1) is 13.9. The van der Waals surface area contributed by atoms with Gasteiger partial charge >= 0.3 is 0 Å². The van der Waals surface area contributed by atoms with E-state index in [2.05, 4.69) is 34.5 Å². The molecule has 2 aromatic heterocycles. The topological polar surface area (TPSA) is 78.4 Å². The Morgan fingerprint density at radius 2 is 1.86 bits per heavy atom. The van der Waals surface area contributed by atoms with Crippen molar-refractivity contribution in [2.45, 2.75) is 51.8 Å². The number of aromatic nitrogens is 3. The zero-order valence-corrected chi connectivity index (χ0v) is 17.7. The van der Waals surface area contributed by atoms with E-state index in [0.717, 1.165) is 36.3 Å². The van der Waals surface area contributed by atoms with E-state index in [1.807, 2.05) is 19.9 Å². The minimum Gasteiger partial charge on any atom is -0.487 e. The largest absolute Gasteiger partial charge is 0.487 e. The van der Waals surface area contributed by atoms with Crippen molar-refractivity contribution >= 4 is 5.82 Å². The number of ether oxygens (including phenoxy) is 2. The maximum atomic E-state index is 6.00. The van der Waals surface area contributed by atoms with E-state index < -0.39 is 0 Å². The van der Waals surface area contributed by atoms with Gasteiger partial charge in [0, 0.05) is 42.5 Å². The Morgan fingerprint density at radius 1 is 1.14 bits per heavy atom. The van der Waals surface area contributed by atoms with Crippen LogP contribution in [-0.2, 0) is 4.74 Å². The average Bonchev–Trinajstić information content (AvgIpc) is 2.96. The lowest BCUT2D eigenvalue weighted by Gasteiger charge is -2.35. The number of likely N-dealkylation sites (tertiary alicyclic amines) is 1. The Balaban J connectivity index is 1.40. The number of pyridine rings is 1. The molecular weight excluding hydrogens is 366 g/mol. The first-order valence-corrected chi connectivity index (χ1v) is 10.8. The van der Waals surface area contributed by atoms with Gasteiger partial charge in [-0.3, -0.25) is 9.58 Å². The molecule has 29 heavy (non-hydrogen) atoms. The Labute approximate surface area is 172 Å². The molecule has 0 amide bonds. The molecule has 2 aromatic rings. The minimum absolute atomic E-state index is 0.0491. The summed E-state index contributed by atoms with van der Waals surface area (Å²) >= 11 is 0. The quantitative estimate of drug-likeness (QED) is 0.807. The van der Waals surface area contributed by atoms with Gasteiger partial charge < -0.3 is 15.2 Å². The van der Waals surface area contributed by atoms with Gasteiger partial charge in [-0.15, -0.1) is 0 Å². The average molecular weight is 398 g/mol. The highest BCUT2D eigenvalue weighted by atomic mass is 16.5. The number of piperidine rings is 1. The highest BCUT2D eigenvalue weighted by molar-refractivity contribution is 5.64. The maximum Gasteiger partial charge on any atom is 0.166 e. The van der Waals surface area contributed by atoms with E-state index >= 15 is 0 Å². The van der Waals surface area contributed by atoms with Crippen LogP contribution in [-0.4, -0.2) is 58.1 Å². The SMILES string of the molecule is CC(C)Oc1cc(-c2cc(C3C4CN(C5COC5)CC43)n(C(C)C)n2)cnc1N. The summed E-state index contributed by atoms with van der Waals surface area (Å²) in [6.45, 7) is 12.6. The van der Waals surface area contributed by atoms with Crippen LogP contribution in [0.3, 0.4) is 0 Å². The van der Waals surface area contributed by atoms with E-state index in [1.165, 1.54) is 18.8 Å². The van der Waals surface area contributed by atoms with Gasteiger partial charge in [0.25, 0.3) is 0 Å². The molecule has 156 valence electrons. The molecule has 0 aromatic carbocycles. The lowest BCUT2D eigenvalue weighted by atomic mass is 10.1. The summed E-state index contributed by atoms with van der Waals surface area (Å²) in [4.78, 5) is 6.96. The van der Waals surface area contributed by atoms with E-state index in [4.69, 9.17) is 20.3 Å². The second kappa shape index (κ2) is 6.99. The third-order valence-corrected chi connectivity index (χ3v) is 6.49. The smallest absolute Gasteiger partial charge is 0.166 e. The number of nitrogens with two attached hydrogens (primary N) is 1. The van der Waals surface area contributed by atoms with Gasteiger partial charge in [0.15, 0.2) is 11.6 Å². The first-order valence-electron chi connectivity index (χ1n) is 10.8. The molecule has 5 rings (SSSR count). The third-order valence-electron chi connectivity index (χ3n) is 6.49. The minimum atomic E-state index is 0.0491. The lowest BCUT2D eigenvalue weighted by Crippen LogP contribution is -2.48. The van der Waals surface area contributed by atoms with Gasteiger partial charge in [-0.1, -0.05) is 0 Å². The van der Waals surface area contributed by atoms with E-state index in [1.54, 1.807) is 6.20 Å². The summed E-state index contributed by atoms with van der Waals surface area (Å²) in [7, 11) is 0. The van der Waals surface area contributed by atoms with E-state index in [9.17, 15) is 0 Å². The van der Waals surface area contributed by atoms with Crippen LogP contribution in [0.5, 0.6) is 5.75 Å². The summed E-state index contributed by atoms with van der Waals surface area (Å²) in [5.41, 5.74) is 9.26. The van der Waals surface area contributed by atoms with Crippen LogP contribution in [0.1, 0.15) is 45.3 Å². The molecule has 7 heteroatoms. The number of rotatable bonds is 6. The zero-order valence-electron chi connectivity index (χ0n) is 17.7. The van der Waals surface area contributed by atoms with Crippen LogP contribution in [0.15, 0.2) is 18.3 Å². The molecule has 7 nitrogen and oxygen atoms in total. The Morgan fingerprint density at radius 3 is 2.45 bits per heavy atom. The molecule has 2 aliphatic heterocycles. The van der Waals surface area contributed by atoms with Gasteiger partial charge in [-0.2, -0.15) is 5.10 Å². The maximum absolute atomic E-state index is 6.00. The standard InChI is InChI=1S/C22H31N5O2/c1-12(2)27-19(21-16-8-26(9-17(16)21)15-10-28-11-15)6-18(25-27)14-5-20(29-13(3)4)22(23)24-7-14/h5-7,12-13,15-17,21H,8-11H2,1-4H3,(H2,23,24). The Hall–Kier alpha value is -2.12. The van der Waals surface area contributed by atoms with E-state index in [0.29, 0.717) is 29.6 Å². The Bertz CT molecular complexity index is 893. The predicted molar refractivity (Wildman–Crippen MR) is 112 cm³/mol. The van der Waals surface area contributed by atoms with Crippen LogP contribution in [0.4, 0.5) is 5.82 Å². The van der Waals surface area contributed by atoms with Gasteiger partial charge in [0.2, 0.25) is 0 Å². The van der Waals surface area contributed by atoms with Crippen LogP contribution >= 0.6 is 0 Å². The van der Waals surface area contributed by atoms with Crippen molar-refractivity contribution in [3.8, 4) is 17.0 Å². The van der Waals surface area contributed by atoms with Crippen molar-refractivity contribution in [3.63, 3.8) is 0 Å². The van der Waals surface area contributed by atoms with Crippen molar-refractivity contribution in [1.29, 1.82) is 0 Å². The second-order valence-electron chi connectivity index (χ2n) is 9.27. The van der Waals surface area contributed by atoms with Crippen LogP contribution < -0.4 is 10.5 Å². The lowest BCUT2D eigenvalue weighted by molar-refractivity contribution is -0.0610. The summed E-state index contributed by atoms with van der Waals surface area (Å²) in [5, 5.41) is 4.95. The molecule has 4 heterocycles. The van der Waals surface area contributed by atoms with Gasteiger partial charge in [-0.05, 0) is 51.7 Å². The molecule has 2 N–H and O–H groups in total. The molecule has 1 saturated carbocycles. The molecular formula is C22H31N5O2. The van der Waals surface area contributed by atoms with Crippen molar-refractivity contribution in [2.75, 3.05) is 32.0 Å². The monoisotopic (exact) mass is 397 g/mol. The third kappa shape index (κ3) is 3.30. The molecule has 0 bridgehead atoms. The predicted octanol–water partition coefficient (Wildman–Crippen LogP) is 2.94. The normalized spacial score (nSPS) is 26.8. The Kier molecular flexibility index (Phi) is 4.55. The number of fused-ring (bicyclic) bond motifs is 1. The fourth-order valence-corrected chi connectivity index (χ4v) is 4.89. The summed E-state index contributed by atoms with van der Waals surface area (Å²) < 4.78 is 13.4. The van der Waals surface area contributed by atoms with Gasteiger partial charge in [-0.25, -0.2) is 4.98 Å². The van der Waals surface area contributed by atoms with Gasteiger partial charge in [0.1, 0.15) is 0 Å². The zero-order chi connectivity index (χ0) is 20.3. The number of nitrogen functional groups attached to an aromatic ring is 1. The van der Waals surface area contributed by atoms with Crippen molar-refractivity contribution in [2.24, 2.45) is 11.8 Å². The summed E-state index contributed by atoms with van der Waals surface area (Å²) in [6, 6.07) is 5.19. The second-order valence-corrected chi connectivity index (χ2v) is 9.27. The number of nitrogens with zero attached hydrogens (tertiary/aromatic N) is 4. The molecule has 3 fully saturated rings. The first kappa shape index (κ1) is 18.9. The van der Waals surface area contributed by atoms with Crippen LogP contribution in [0, 0.1) is 11.8 Å². The van der Waals surface area contributed by atoms with E-state index in [-0.39, 0.29) is 6.10 Å².